The Morgan fingerprint density at radius 3 is 2.56 bits per heavy atom. The minimum absolute atomic E-state index is 0.00224. The van der Waals surface area contributed by atoms with Gasteiger partial charge in [-0.15, -0.1) is 10.2 Å². The molecule has 1 fully saturated rings. The number of piperidine rings is 1. The summed E-state index contributed by atoms with van der Waals surface area (Å²) in [4.78, 5) is 14.6. The molecule has 2 heterocycles. The van der Waals surface area contributed by atoms with Crippen LogP contribution in [-0.2, 0) is 14.8 Å². The fourth-order valence-corrected chi connectivity index (χ4v) is 3.48. The molecule has 1 aliphatic heterocycles. The first-order valence-corrected chi connectivity index (χ1v) is 9.98. The van der Waals surface area contributed by atoms with Crippen molar-refractivity contribution in [1.29, 1.82) is 0 Å². The van der Waals surface area contributed by atoms with Gasteiger partial charge in [-0.2, -0.15) is 0 Å². The molecule has 1 aliphatic rings. The first-order valence-electron chi connectivity index (χ1n) is 8.43. The number of rotatable bonds is 5. The second-order valence-electron chi connectivity index (χ2n) is 6.28. The molecule has 1 atom stereocenters. The number of benzene rings is 1. The van der Waals surface area contributed by atoms with Crippen molar-refractivity contribution in [3.63, 3.8) is 0 Å². The SMILES string of the molecule is COc1ccc(N2CCC[C@@H](C(=O)Nc3ccc(S(N)(=O)=O)cc3)C2)nn1. The van der Waals surface area contributed by atoms with Crippen LogP contribution in [0.5, 0.6) is 5.88 Å². The van der Waals surface area contributed by atoms with Gasteiger partial charge in [-0.3, -0.25) is 4.79 Å². The van der Waals surface area contributed by atoms with Crippen molar-refractivity contribution in [3.05, 3.63) is 36.4 Å². The molecule has 0 spiro atoms. The van der Waals surface area contributed by atoms with Crippen molar-refractivity contribution in [3.8, 4) is 5.88 Å². The number of methoxy groups -OCH3 is 1. The molecule has 0 bridgehead atoms. The Labute approximate surface area is 157 Å². The van der Waals surface area contributed by atoms with Gasteiger partial charge in [0.05, 0.1) is 17.9 Å². The van der Waals surface area contributed by atoms with Crippen molar-refractivity contribution >= 4 is 27.4 Å². The molecule has 0 saturated carbocycles. The lowest BCUT2D eigenvalue weighted by molar-refractivity contribution is -0.120. The molecule has 1 aromatic heterocycles. The number of ether oxygens (including phenoxy) is 1. The van der Waals surface area contributed by atoms with Crippen LogP contribution in [0.15, 0.2) is 41.3 Å². The third-order valence-corrected chi connectivity index (χ3v) is 5.33. The van der Waals surface area contributed by atoms with E-state index in [4.69, 9.17) is 9.88 Å². The van der Waals surface area contributed by atoms with E-state index in [2.05, 4.69) is 15.5 Å². The first kappa shape index (κ1) is 19.1. The summed E-state index contributed by atoms with van der Waals surface area (Å²) in [5.74, 6) is 0.809. The average molecular weight is 391 g/mol. The number of carbonyl (C=O) groups excluding carboxylic acids is 1. The highest BCUT2D eigenvalue weighted by Gasteiger charge is 2.27. The predicted molar refractivity (Wildman–Crippen MR) is 100.0 cm³/mol. The standard InChI is InChI=1S/C17H21N5O4S/c1-26-16-9-8-15(20-21-16)22-10-2-3-12(11-22)17(23)19-13-4-6-14(7-5-13)27(18,24)25/h4-9,12H,2-3,10-11H2,1H3,(H,19,23)(H2,18,24,25)/t12-/m1/s1. The summed E-state index contributed by atoms with van der Waals surface area (Å²) in [5, 5.41) is 16.0. The maximum Gasteiger partial charge on any atom is 0.238 e. The molecule has 1 amide bonds. The van der Waals surface area contributed by atoms with Gasteiger partial charge in [0.2, 0.25) is 21.8 Å². The Kier molecular flexibility index (Phi) is 5.57. The molecule has 144 valence electrons. The summed E-state index contributed by atoms with van der Waals surface area (Å²) in [6.07, 6.45) is 1.62. The Hall–Kier alpha value is -2.72. The van der Waals surface area contributed by atoms with Crippen LogP contribution in [0.2, 0.25) is 0 Å². The number of aromatic nitrogens is 2. The van der Waals surface area contributed by atoms with Gasteiger partial charge in [0.15, 0.2) is 5.82 Å². The van der Waals surface area contributed by atoms with Crippen LogP contribution in [0.1, 0.15) is 12.8 Å². The molecular formula is C17H21N5O4S. The van der Waals surface area contributed by atoms with E-state index >= 15 is 0 Å². The predicted octanol–water partition coefficient (Wildman–Crippen LogP) is 0.988. The van der Waals surface area contributed by atoms with Gasteiger partial charge in [0.25, 0.3) is 0 Å². The van der Waals surface area contributed by atoms with Gasteiger partial charge in [-0.25, -0.2) is 13.6 Å². The number of sulfonamides is 1. The van der Waals surface area contributed by atoms with E-state index in [0.717, 1.165) is 19.4 Å². The molecular weight excluding hydrogens is 370 g/mol. The molecule has 1 saturated heterocycles. The average Bonchev–Trinajstić information content (AvgIpc) is 2.68. The summed E-state index contributed by atoms with van der Waals surface area (Å²) < 4.78 is 27.6. The molecule has 0 aliphatic carbocycles. The highest BCUT2D eigenvalue weighted by atomic mass is 32.2. The zero-order valence-corrected chi connectivity index (χ0v) is 15.6. The molecule has 3 rings (SSSR count). The summed E-state index contributed by atoms with van der Waals surface area (Å²) in [6.45, 7) is 1.33. The van der Waals surface area contributed by atoms with Crippen LogP contribution in [0, 0.1) is 5.92 Å². The molecule has 27 heavy (non-hydrogen) atoms. The highest BCUT2D eigenvalue weighted by molar-refractivity contribution is 7.89. The summed E-state index contributed by atoms with van der Waals surface area (Å²) in [5.41, 5.74) is 0.522. The lowest BCUT2D eigenvalue weighted by Gasteiger charge is -2.32. The summed E-state index contributed by atoms with van der Waals surface area (Å²) in [7, 11) is -2.22. The number of primary sulfonamides is 1. The summed E-state index contributed by atoms with van der Waals surface area (Å²) in [6, 6.07) is 9.33. The van der Waals surface area contributed by atoms with E-state index in [1.165, 1.54) is 31.4 Å². The van der Waals surface area contributed by atoms with Crippen molar-refractivity contribution in [2.24, 2.45) is 11.1 Å². The maximum atomic E-state index is 12.6. The zero-order chi connectivity index (χ0) is 19.4. The van der Waals surface area contributed by atoms with Crippen LogP contribution in [-0.4, -0.2) is 44.7 Å². The van der Waals surface area contributed by atoms with Crippen molar-refractivity contribution in [2.75, 3.05) is 30.4 Å². The normalized spacial score (nSPS) is 17.4. The van der Waals surface area contributed by atoms with Crippen molar-refractivity contribution < 1.29 is 17.9 Å². The fourth-order valence-electron chi connectivity index (χ4n) is 2.96. The quantitative estimate of drug-likeness (QED) is 0.778. The van der Waals surface area contributed by atoms with E-state index < -0.39 is 10.0 Å². The van der Waals surface area contributed by atoms with Crippen LogP contribution >= 0.6 is 0 Å². The van der Waals surface area contributed by atoms with Gasteiger partial charge < -0.3 is 15.0 Å². The van der Waals surface area contributed by atoms with Gasteiger partial charge in [0.1, 0.15) is 0 Å². The van der Waals surface area contributed by atoms with Gasteiger partial charge >= 0.3 is 0 Å². The minimum atomic E-state index is -3.75. The number of hydrogen-bond acceptors (Lipinski definition) is 7. The van der Waals surface area contributed by atoms with Crippen LogP contribution in [0.3, 0.4) is 0 Å². The second-order valence-corrected chi connectivity index (χ2v) is 7.84. The number of nitrogens with zero attached hydrogens (tertiary/aromatic N) is 3. The maximum absolute atomic E-state index is 12.6. The van der Waals surface area contributed by atoms with Crippen LogP contribution < -0.4 is 20.1 Å². The van der Waals surface area contributed by atoms with E-state index in [1.54, 1.807) is 6.07 Å². The van der Waals surface area contributed by atoms with Crippen molar-refractivity contribution in [2.45, 2.75) is 17.7 Å². The van der Waals surface area contributed by atoms with Gasteiger partial charge in [-0.1, -0.05) is 0 Å². The van der Waals surface area contributed by atoms with Crippen molar-refractivity contribution in [1.82, 2.24) is 10.2 Å². The fraction of sp³-hybridized carbons (Fsp3) is 0.353. The number of nitrogens with one attached hydrogen (secondary N) is 1. The van der Waals surface area contributed by atoms with E-state index in [9.17, 15) is 13.2 Å². The topological polar surface area (TPSA) is 128 Å². The number of amides is 1. The van der Waals surface area contributed by atoms with E-state index in [-0.39, 0.29) is 16.7 Å². The Balaban J connectivity index is 1.64. The monoisotopic (exact) mass is 391 g/mol. The lowest BCUT2D eigenvalue weighted by atomic mass is 9.97. The largest absolute Gasteiger partial charge is 0.480 e. The molecule has 3 N–H and O–H groups in total. The molecule has 1 aromatic carbocycles. The van der Waals surface area contributed by atoms with Gasteiger partial charge in [0, 0.05) is 24.8 Å². The Morgan fingerprint density at radius 1 is 1.22 bits per heavy atom. The third-order valence-electron chi connectivity index (χ3n) is 4.40. The molecule has 9 nitrogen and oxygen atoms in total. The lowest BCUT2D eigenvalue weighted by Crippen LogP contribution is -2.41. The second kappa shape index (κ2) is 7.89. The molecule has 0 radical (unpaired) electrons. The van der Waals surface area contributed by atoms with E-state index in [0.29, 0.717) is 23.9 Å². The number of carbonyl (C=O) groups is 1. The molecule has 10 heteroatoms. The number of anilines is 2. The molecule has 2 aromatic rings. The zero-order valence-electron chi connectivity index (χ0n) is 14.8. The minimum Gasteiger partial charge on any atom is -0.480 e. The van der Waals surface area contributed by atoms with Crippen LogP contribution in [0.25, 0.3) is 0 Å². The number of nitrogens with two attached hydrogens (primary N) is 1. The molecule has 0 unspecified atom stereocenters. The smallest absolute Gasteiger partial charge is 0.238 e. The van der Waals surface area contributed by atoms with Crippen LogP contribution in [0.4, 0.5) is 11.5 Å². The Bertz CT molecular complexity index is 900. The first-order chi connectivity index (χ1) is 12.9. The number of hydrogen-bond donors (Lipinski definition) is 2. The Morgan fingerprint density at radius 2 is 1.96 bits per heavy atom. The summed E-state index contributed by atoms with van der Waals surface area (Å²) >= 11 is 0. The highest BCUT2D eigenvalue weighted by Crippen LogP contribution is 2.23. The van der Waals surface area contributed by atoms with E-state index in [1.807, 2.05) is 11.0 Å². The third kappa shape index (κ3) is 4.72. The van der Waals surface area contributed by atoms with Gasteiger partial charge in [-0.05, 0) is 43.2 Å².